The molecule has 0 atom stereocenters. The topological polar surface area (TPSA) is 83.9 Å². The Labute approximate surface area is 165 Å². The van der Waals surface area contributed by atoms with Crippen molar-refractivity contribution in [2.75, 3.05) is 6.54 Å². The quantitative estimate of drug-likeness (QED) is 0.582. The van der Waals surface area contributed by atoms with Gasteiger partial charge in [-0.05, 0) is 34.7 Å². The minimum Gasteiger partial charge on any atom is -0.465 e. The molecule has 2 aromatic carbocycles. The van der Waals surface area contributed by atoms with Crippen LogP contribution in [-0.4, -0.2) is 36.6 Å². The summed E-state index contributed by atoms with van der Waals surface area (Å²) in [6.07, 6.45) is 0.698. The van der Waals surface area contributed by atoms with E-state index in [0.717, 1.165) is 17.2 Å². The van der Waals surface area contributed by atoms with Crippen LogP contribution in [0.25, 0.3) is 17.2 Å². The molecule has 154 valence electrons. The summed E-state index contributed by atoms with van der Waals surface area (Å²) in [4.78, 5) is 12.4. The summed E-state index contributed by atoms with van der Waals surface area (Å²) in [5, 5.41) is 9.12. The van der Waals surface area contributed by atoms with Gasteiger partial charge in [0.05, 0.1) is 0 Å². The molecule has 1 amide bonds. The number of hydrogen-bond acceptors (Lipinski definition) is 4. The van der Waals surface area contributed by atoms with Gasteiger partial charge < -0.3 is 14.2 Å². The smallest absolute Gasteiger partial charge is 0.465 e. The van der Waals surface area contributed by atoms with E-state index >= 15 is 0 Å². The van der Waals surface area contributed by atoms with Crippen molar-refractivity contribution in [3.05, 3.63) is 59.7 Å². The lowest BCUT2D eigenvalue weighted by Crippen LogP contribution is -2.34. The average molecular weight is 427 g/mol. The van der Waals surface area contributed by atoms with Gasteiger partial charge in [0.2, 0.25) is 0 Å². The molecule has 0 saturated heterocycles. The Balaban J connectivity index is 2.01. The van der Waals surface area contributed by atoms with Gasteiger partial charge >= 0.3 is 21.7 Å². The molecule has 1 N–H and O–H groups in total. The maximum atomic E-state index is 12.7. The molecule has 0 aromatic heterocycles. The molecule has 1 heterocycles. The molecule has 10 heteroatoms. The van der Waals surface area contributed by atoms with Gasteiger partial charge in [0.25, 0.3) is 0 Å². The predicted molar refractivity (Wildman–Crippen MR) is 99.7 cm³/mol. The first-order chi connectivity index (χ1) is 13.5. The second-order valence-corrected chi connectivity index (χ2v) is 7.88. The van der Waals surface area contributed by atoms with Crippen molar-refractivity contribution in [3.63, 3.8) is 0 Å². The average Bonchev–Trinajstić information content (AvgIpc) is 2.65. The van der Waals surface area contributed by atoms with Crippen LogP contribution >= 0.6 is 0 Å². The lowest BCUT2D eigenvalue weighted by atomic mass is 9.92. The summed E-state index contributed by atoms with van der Waals surface area (Å²) < 4.78 is 65.1. The second kappa shape index (κ2) is 7.43. The van der Waals surface area contributed by atoms with E-state index in [9.17, 15) is 26.4 Å². The molecule has 1 aliphatic rings. The van der Waals surface area contributed by atoms with Crippen LogP contribution in [0.5, 0.6) is 5.75 Å². The normalized spacial score (nSPS) is 14.2. The Hall–Kier alpha value is -3.01. The molecule has 1 aliphatic heterocycles. The third kappa shape index (κ3) is 4.07. The molecule has 0 radical (unpaired) electrons. The lowest BCUT2D eigenvalue weighted by Gasteiger charge is -2.27. The number of hydrogen-bond donors (Lipinski definition) is 1. The summed E-state index contributed by atoms with van der Waals surface area (Å²) in [6, 6.07) is 9.35. The van der Waals surface area contributed by atoms with Gasteiger partial charge in [-0.1, -0.05) is 43.0 Å². The first-order valence-corrected chi connectivity index (χ1v) is 9.80. The molecule has 2 aromatic rings. The highest BCUT2D eigenvalue weighted by atomic mass is 32.2. The maximum Gasteiger partial charge on any atom is 0.534 e. The number of benzene rings is 2. The van der Waals surface area contributed by atoms with E-state index in [2.05, 4.69) is 10.8 Å². The van der Waals surface area contributed by atoms with E-state index in [1.807, 2.05) is 0 Å². The number of fused-ring (bicyclic) bond motifs is 1. The van der Waals surface area contributed by atoms with Crippen LogP contribution in [0.3, 0.4) is 0 Å². The van der Waals surface area contributed by atoms with Crippen LogP contribution in [0, 0.1) is 0 Å². The van der Waals surface area contributed by atoms with Crippen molar-refractivity contribution in [1.29, 1.82) is 0 Å². The van der Waals surface area contributed by atoms with E-state index < -0.39 is 27.5 Å². The standard InChI is InChI=1S/C19H16F3NO5S/c1-2-15-16(4-3-5-17(15)28-29(26,27)19(20,21)22)13-6-7-14-11-23(18(24)25)9-8-12(14)10-13/h2-7,10H,1,8-9,11H2,(H,24,25). The van der Waals surface area contributed by atoms with Gasteiger partial charge in [-0.25, -0.2) is 4.79 Å². The van der Waals surface area contributed by atoms with Crippen LogP contribution in [-0.2, 0) is 23.1 Å². The molecule has 0 spiro atoms. The largest absolute Gasteiger partial charge is 0.534 e. The molecule has 0 aliphatic carbocycles. The van der Waals surface area contributed by atoms with Crippen molar-refractivity contribution < 1.29 is 35.7 Å². The van der Waals surface area contributed by atoms with Gasteiger partial charge in [0, 0.05) is 18.7 Å². The summed E-state index contributed by atoms with van der Waals surface area (Å²) in [5.41, 5.74) is -2.65. The Bertz CT molecular complexity index is 1080. The highest BCUT2D eigenvalue weighted by Gasteiger charge is 2.48. The first-order valence-electron chi connectivity index (χ1n) is 8.40. The molecular formula is C19H16F3NO5S. The van der Waals surface area contributed by atoms with Crippen molar-refractivity contribution in [2.24, 2.45) is 0 Å². The van der Waals surface area contributed by atoms with E-state index in [1.165, 1.54) is 17.0 Å². The third-order valence-corrected chi connectivity index (χ3v) is 5.52. The summed E-state index contributed by atoms with van der Waals surface area (Å²) in [7, 11) is -5.82. The number of alkyl halides is 3. The fourth-order valence-corrected chi connectivity index (χ4v) is 3.60. The minimum absolute atomic E-state index is 0.100. The zero-order valence-corrected chi connectivity index (χ0v) is 15.8. The number of rotatable bonds is 4. The fourth-order valence-electron chi connectivity index (χ4n) is 3.13. The third-order valence-electron chi connectivity index (χ3n) is 4.55. The molecular weight excluding hydrogens is 411 g/mol. The van der Waals surface area contributed by atoms with Gasteiger partial charge in [-0.2, -0.15) is 21.6 Å². The van der Waals surface area contributed by atoms with Crippen molar-refractivity contribution in [2.45, 2.75) is 18.5 Å². The van der Waals surface area contributed by atoms with Gasteiger partial charge in [-0.3, -0.25) is 0 Å². The fraction of sp³-hybridized carbons (Fsp3) is 0.211. The van der Waals surface area contributed by atoms with Crippen LogP contribution < -0.4 is 4.18 Å². The summed E-state index contributed by atoms with van der Waals surface area (Å²) in [5.74, 6) is -0.482. The van der Waals surface area contributed by atoms with Crippen molar-refractivity contribution >= 4 is 22.3 Å². The maximum absolute atomic E-state index is 12.7. The molecule has 0 saturated carbocycles. The minimum atomic E-state index is -5.82. The first kappa shape index (κ1) is 20.7. The number of nitrogens with zero attached hydrogens (tertiary/aromatic N) is 1. The monoisotopic (exact) mass is 427 g/mol. The Morgan fingerprint density at radius 1 is 1.21 bits per heavy atom. The highest BCUT2D eigenvalue weighted by molar-refractivity contribution is 7.88. The van der Waals surface area contributed by atoms with Crippen LogP contribution in [0.1, 0.15) is 16.7 Å². The highest BCUT2D eigenvalue weighted by Crippen LogP contribution is 2.36. The van der Waals surface area contributed by atoms with Crippen LogP contribution in [0.15, 0.2) is 43.0 Å². The van der Waals surface area contributed by atoms with E-state index in [1.54, 1.807) is 24.3 Å². The Kier molecular flexibility index (Phi) is 5.31. The summed E-state index contributed by atoms with van der Waals surface area (Å²) in [6.45, 7) is 4.13. The molecule has 6 nitrogen and oxygen atoms in total. The van der Waals surface area contributed by atoms with Crippen LogP contribution in [0.2, 0.25) is 0 Å². The number of halogens is 3. The van der Waals surface area contributed by atoms with E-state index in [-0.39, 0.29) is 12.1 Å². The number of carbonyl (C=O) groups is 1. The van der Waals surface area contributed by atoms with E-state index in [0.29, 0.717) is 24.1 Å². The Morgan fingerprint density at radius 3 is 2.55 bits per heavy atom. The lowest BCUT2D eigenvalue weighted by molar-refractivity contribution is -0.0500. The van der Waals surface area contributed by atoms with Gasteiger partial charge in [0.15, 0.2) is 5.75 Å². The number of carboxylic acid groups (broad SMARTS) is 1. The second-order valence-electron chi connectivity index (χ2n) is 6.34. The van der Waals surface area contributed by atoms with Crippen molar-refractivity contribution in [3.8, 4) is 16.9 Å². The van der Waals surface area contributed by atoms with Crippen LogP contribution in [0.4, 0.5) is 18.0 Å². The van der Waals surface area contributed by atoms with Crippen molar-refractivity contribution in [1.82, 2.24) is 4.90 Å². The number of amides is 1. The van der Waals surface area contributed by atoms with Gasteiger partial charge in [0.1, 0.15) is 0 Å². The summed E-state index contributed by atoms with van der Waals surface area (Å²) >= 11 is 0. The zero-order valence-electron chi connectivity index (χ0n) is 14.9. The molecule has 0 unspecified atom stereocenters. The molecule has 3 rings (SSSR count). The molecule has 29 heavy (non-hydrogen) atoms. The van der Waals surface area contributed by atoms with E-state index in [4.69, 9.17) is 5.11 Å². The van der Waals surface area contributed by atoms with Gasteiger partial charge in [-0.15, -0.1) is 0 Å². The zero-order chi connectivity index (χ0) is 21.4. The predicted octanol–water partition coefficient (Wildman–Crippen LogP) is 4.26. The molecule has 0 fully saturated rings. The SMILES string of the molecule is C=Cc1c(OS(=O)(=O)C(F)(F)F)cccc1-c1ccc2c(c1)CCN(C(=O)O)C2. The molecule has 0 bridgehead atoms. The Morgan fingerprint density at radius 2 is 1.93 bits per heavy atom.